The van der Waals surface area contributed by atoms with Gasteiger partial charge in [-0.3, -0.25) is 15.1 Å². The highest BCUT2D eigenvalue weighted by molar-refractivity contribution is 7.97. The molecule has 0 bridgehead atoms. The molecule has 6 nitrogen and oxygen atoms in total. The second kappa shape index (κ2) is 11.2. The van der Waals surface area contributed by atoms with Crippen molar-refractivity contribution < 1.29 is 9.53 Å². The fourth-order valence-corrected chi connectivity index (χ4v) is 3.65. The van der Waals surface area contributed by atoms with Crippen LogP contribution in [0.25, 0.3) is 0 Å². The van der Waals surface area contributed by atoms with E-state index in [0.717, 1.165) is 42.3 Å². The van der Waals surface area contributed by atoms with Crippen molar-refractivity contribution in [3.63, 3.8) is 0 Å². The standard InChI is InChI=1S/C19H30N4O2S/c1-15(2)12-23(10-4-9-21-13-24)26-17-7-8-18(20-3)19(11-17)25-14-22-16-5-6-16/h7-8,11,13,15-16,22H,3-6,9-10,12,14H2,1-2H3,(H,21,24). The molecule has 7 heteroatoms. The van der Waals surface area contributed by atoms with Crippen LogP contribution in [0.1, 0.15) is 33.1 Å². The van der Waals surface area contributed by atoms with Gasteiger partial charge in [-0.1, -0.05) is 13.8 Å². The van der Waals surface area contributed by atoms with E-state index in [-0.39, 0.29) is 0 Å². The Kier molecular flexibility index (Phi) is 8.94. The molecule has 0 aliphatic heterocycles. The van der Waals surface area contributed by atoms with Crippen molar-refractivity contribution >= 4 is 30.8 Å². The molecule has 1 amide bonds. The summed E-state index contributed by atoms with van der Waals surface area (Å²) in [5, 5.41) is 6.07. The van der Waals surface area contributed by atoms with E-state index in [0.29, 0.717) is 25.2 Å². The molecule has 0 heterocycles. The largest absolute Gasteiger partial charge is 0.476 e. The van der Waals surface area contributed by atoms with Crippen molar-refractivity contribution in [2.45, 2.75) is 44.0 Å². The number of nitrogens with one attached hydrogen (secondary N) is 2. The van der Waals surface area contributed by atoms with E-state index < -0.39 is 0 Å². The lowest BCUT2D eigenvalue weighted by atomic mass is 10.2. The second-order valence-corrected chi connectivity index (χ2v) is 8.02. The van der Waals surface area contributed by atoms with Crippen molar-refractivity contribution in [2.75, 3.05) is 26.4 Å². The van der Waals surface area contributed by atoms with E-state index in [1.54, 1.807) is 11.9 Å². The van der Waals surface area contributed by atoms with Gasteiger partial charge in [0.1, 0.15) is 18.2 Å². The summed E-state index contributed by atoms with van der Waals surface area (Å²) in [6.45, 7) is 11.1. The molecule has 2 N–H and O–H groups in total. The predicted octanol–water partition coefficient (Wildman–Crippen LogP) is 3.21. The molecule has 1 aromatic rings. The average Bonchev–Trinajstić information content (AvgIpc) is 3.43. The van der Waals surface area contributed by atoms with Crippen molar-refractivity contribution in [1.82, 2.24) is 14.9 Å². The molecule has 1 aliphatic rings. The van der Waals surface area contributed by atoms with Crippen molar-refractivity contribution in [1.29, 1.82) is 0 Å². The van der Waals surface area contributed by atoms with Crippen molar-refractivity contribution in [3.8, 4) is 5.75 Å². The summed E-state index contributed by atoms with van der Waals surface area (Å²) in [5.74, 6) is 1.32. The summed E-state index contributed by atoms with van der Waals surface area (Å²) >= 11 is 1.72. The Balaban J connectivity index is 1.95. The van der Waals surface area contributed by atoms with E-state index in [2.05, 4.69) is 40.5 Å². The SMILES string of the molecule is C=Nc1ccc(SN(CCCNC=O)CC(C)C)cc1OCNC1CC1. The fraction of sp³-hybridized carbons (Fsp3) is 0.579. The molecule has 1 aliphatic carbocycles. The molecule has 0 atom stereocenters. The molecular weight excluding hydrogens is 348 g/mol. The third-order valence-corrected chi connectivity index (χ3v) is 4.95. The van der Waals surface area contributed by atoms with Gasteiger partial charge in [0.25, 0.3) is 0 Å². The van der Waals surface area contributed by atoms with Crippen molar-refractivity contribution in [3.05, 3.63) is 18.2 Å². The highest BCUT2D eigenvalue weighted by Crippen LogP contribution is 2.34. The molecule has 1 saturated carbocycles. The number of carbonyl (C=O) groups excluding carboxylic acids is 1. The first-order valence-corrected chi connectivity index (χ1v) is 9.96. The molecule has 26 heavy (non-hydrogen) atoms. The zero-order valence-electron chi connectivity index (χ0n) is 15.7. The molecule has 0 unspecified atom stereocenters. The summed E-state index contributed by atoms with van der Waals surface area (Å²) in [6.07, 6.45) is 4.13. The fourth-order valence-electron chi connectivity index (χ4n) is 2.47. The number of ether oxygens (including phenoxy) is 1. The minimum atomic E-state index is 0.494. The average molecular weight is 379 g/mol. The molecule has 144 valence electrons. The zero-order chi connectivity index (χ0) is 18.8. The number of hydrogen-bond acceptors (Lipinski definition) is 6. The molecule has 1 fully saturated rings. The monoisotopic (exact) mass is 378 g/mol. The van der Waals surface area contributed by atoms with Crippen LogP contribution in [0, 0.1) is 5.92 Å². The van der Waals surface area contributed by atoms with Gasteiger partial charge in [-0.25, -0.2) is 4.31 Å². The van der Waals surface area contributed by atoms with Gasteiger partial charge in [-0.15, -0.1) is 0 Å². The molecule has 0 radical (unpaired) electrons. The van der Waals surface area contributed by atoms with Crippen LogP contribution in [0.5, 0.6) is 5.75 Å². The number of nitrogens with zero attached hydrogens (tertiary/aromatic N) is 2. The number of carbonyl (C=O) groups is 1. The Bertz CT molecular complexity index is 579. The van der Waals surface area contributed by atoms with Gasteiger partial charge in [-0.2, -0.15) is 0 Å². The number of benzene rings is 1. The quantitative estimate of drug-likeness (QED) is 0.171. The minimum absolute atomic E-state index is 0.494. The van der Waals surface area contributed by atoms with Crippen LogP contribution in [0.2, 0.25) is 0 Å². The topological polar surface area (TPSA) is 66.0 Å². The van der Waals surface area contributed by atoms with Crippen molar-refractivity contribution in [2.24, 2.45) is 10.9 Å². The van der Waals surface area contributed by atoms with Crippen LogP contribution < -0.4 is 15.4 Å². The predicted molar refractivity (Wildman–Crippen MR) is 108 cm³/mol. The summed E-state index contributed by atoms with van der Waals surface area (Å²) in [4.78, 5) is 15.6. The van der Waals surface area contributed by atoms with E-state index >= 15 is 0 Å². The van der Waals surface area contributed by atoms with Crippen LogP contribution in [0.15, 0.2) is 28.1 Å². The van der Waals surface area contributed by atoms with Crippen LogP contribution >= 0.6 is 11.9 Å². The van der Waals surface area contributed by atoms with Crippen LogP contribution in [0.4, 0.5) is 5.69 Å². The van der Waals surface area contributed by atoms with Crippen LogP contribution in [-0.4, -0.2) is 49.8 Å². The Labute approximate surface area is 160 Å². The zero-order valence-corrected chi connectivity index (χ0v) is 16.6. The number of amides is 1. The first kappa shape index (κ1) is 20.7. The van der Waals surface area contributed by atoms with Gasteiger partial charge in [0.05, 0.1) is 0 Å². The van der Waals surface area contributed by atoms with Gasteiger partial charge in [-0.05, 0) is 62.0 Å². The highest BCUT2D eigenvalue weighted by Gasteiger charge is 2.20. The van der Waals surface area contributed by atoms with Gasteiger partial charge < -0.3 is 10.1 Å². The minimum Gasteiger partial charge on any atom is -0.476 e. The van der Waals surface area contributed by atoms with Gasteiger partial charge >= 0.3 is 0 Å². The first-order chi connectivity index (χ1) is 12.6. The Morgan fingerprint density at radius 3 is 2.92 bits per heavy atom. The lowest BCUT2D eigenvalue weighted by Crippen LogP contribution is -2.25. The Hall–Kier alpha value is -1.57. The highest BCUT2D eigenvalue weighted by atomic mass is 32.2. The summed E-state index contributed by atoms with van der Waals surface area (Å²) in [5.41, 5.74) is 0.762. The molecule has 2 rings (SSSR count). The number of hydrogen-bond donors (Lipinski definition) is 2. The lowest BCUT2D eigenvalue weighted by Gasteiger charge is -2.23. The maximum absolute atomic E-state index is 10.4. The summed E-state index contributed by atoms with van der Waals surface area (Å²) in [7, 11) is 0. The van der Waals surface area contributed by atoms with E-state index in [4.69, 9.17) is 4.74 Å². The third-order valence-electron chi connectivity index (χ3n) is 3.89. The van der Waals surface area contributed by atoms with E-state index in [9.17, 15) is 4.79 Å². The molecule has 0 saturated heterocycles. The number of aliphatic imine (C=N–C) groups is 1. The maximum Gasteiger partial charge on any atom is 0.207 e. The van der Waals surface area contributed by atoms with Crippen LogP contribution in [-0.2, 0) is 4.79 Å². The van der Waals surface area contributed by atoms with E-state index in [1.807, 2.05) is 18.2 Å². The molecular formula is C19H30N4O2S. The Morgan fingerprint density at radius 1 is 1.46 bits per heavy atom. The lowest BCUT2D eigenvalue weighted by molar-refractivity contribution is -0.109. The number of rotatable bonds is 14. The normalized spacial score (nSPS) is 13.8. The first-order valence-electron chi connectivity index (χ1n) is 9.19. The summed E-state index contributed by atoms with van der Waals surface area (Å²) < 4.78 is 8.20. The molecule has 0 spiro atoms. The second-order valence-electron chi connectivity index (χ2n) is 6.85. The van der Waals surface area contributed by atoms with Gasteiger partial charge in [0, 0.05) is 30.6 Å². The smallest absolute Gasteiger partial charge is 0.207 e. The van der Waals surface area contributed by atoms with Crippen LogP contribution in [0.3, 0.4) is 0 Å². The maximum atomic E-state index is 10.4. The van der Waals surface area contributed by atoms with Gasteiger partial charge in [0.2, 0.25) is 6.41 Å². The summed E-state index contributed by atoms with van der Waals surface area (Å²) in [6, 6.07) is 6.63. The molecule has 1 aromatic carbocycles. The molecule has 0 aromatic heterocycles. The van der Waals surface area contributed by atoms with E-state index in [1.165, 1.54) is 12.8 Å². The van der Waals surface area contributed by atoms with Gasteiger partial charge in [0.15, 0.2) is 0 Å². The Morgan fingerprint density at radius 2 is 2.27 bits per heavy atom. The third kappa shape index (κ3) is 7.76.